The average molecular weight is 239 g/mol. The van der Waals surface area contributed by atoms with E-state index in [4.69, 9.17) is 0 Å². The van der Waals surface area contributed by atoms with Gasteiger partial charge >= 0.3 is 0 Å². The van der Waals surface area contributed by atoms with Gasteiger partial charge in [0.1, 0.15) is 0 Å². The molecule has 1 N–H and O–H groups in total. The fourth-order valence-corrected chi connectivity index (χ4v) is 3.72. The second-order valence-corrected chi connectivity index (χ2v) is 6.04. The van der Waals surface area contributed by atoms with E-state index in [2.05, 4.69) is 33.1 Å². The van der Waals surface area contributed by atoms with Crippen LogP contribution in [0.4, 0.5) is 0 Å². The molecule has 3 atom stereocenters. The molecule has 0 spiro atoms. The van der Waals surface area contributed by atoms with Gasteiger partial charge in [-0.2, -0.15) is 0 Å². The van der Waals surface area contributed by atoms with Gasteiger partial charge in [-0.05, 0) is 50.5 Å². The van der Waals surface area contributed by atoms with Crippen LogP contribution in [0.3, 0.4) is 0 Å². The highest BCUT2D eigenvalue weighted by atomic mass is 14.9. The molecule has 1 nitrogen and oxygen atoms in total. The largest absolute Gasteiger partial charge is 0.317 e. The van der Waals surface area contributed by atoms with Gasteiger partial charge in [0.2, 0.25) is 0 Å². The maximum absolute atomic E-state index is 3.57. The van der Waals surface area contributed by atoms with E-state index < -0.39 is 0 Å². The van der Waals surface area contributed by atoms with E-state index in [0.29, 0.717) is 0 Å². The summed E-state index contributed by atoms with van der Waals surface area (Å²) in [5.41, 5.74) is 0. The minimum absolute atomic E-state index is 0.795. The molecule has 3 unspecified atom stereocenters. The Bertz CT molecular complexity index is 186. The molecule has 1 aliphatic rings. The summed E-state index contributed by atoms with van der Waals surface area (Å²) < 4.78 is 0. The summed E-state index contributed by atoms with van der Waals surface area (Å²) in [4.78, 5) is 0. The molecule has 0 radical (unpaired) electrons. The zero-order valence-corrected chi connectivity index (χ0v) is 12.5. The van der Waals surface area contributed by atoms with Crippen molar-refractivity contribution in [3.63, 3.8) is 0 Å². The van der Waals surface area contributed by atoms with E-state index in [1.807, 2.05) is 0 Å². The van der Waals surface area contributed by atoms with Gasteiger partial charge in [0.05, 0.1) is 0 Å². The van der Waals surface area contributed by atoms with Gasteiger partial charge in [-0.1, -0.05) is 46.5 Å². The fraction of sp³-hybridized carbons (Fsp3) is 1.00. The van der Waals surface area contributed by atoms with Gasteiger partial charge in [-0.3, -0.25) is 0 Å². The molecule has 0 aromatic rings. The molecule has 0 heterocycles. The SMILES string of the molecule is CCCC1CCC(NC)C(CC(CC)CC)C1. The van der Waals surface area contributed by atoms with Gasteiger partial charge in [0.15, 0.2) is 0 Å². The Hall–Kier alpha value is -0.0400. The highest BCUT2D eigenvalue weighted by Gasteiger charge is 2.30. The number of nitrogens with one attached hydrogen (secondary N) is 1. The van der Waals surface area contributed by atoms with Crippen LogP contribution in [0.1, 0.15) is 72.1 Å². The molecule has 1 rings (SSSR count). The van der Waals surface area contributed by atoms with E-state index in [1.165, 1.54) is 51.4 Å². The van der Waals surface area contributed by atoms with E-state index in [-0.39, 0.29) is 0 Å². The molecular formula is C16H33N. The Balaban J connectivity index is 2.50. The summed E-state index contributed by atoms with van der Waals surface area (Å²) in [5.74, 6) is 2.91. The van der Waals surface area contributed by atoms with Crippen molar-refractivity contribution in [3.8, 4) is 0 Å². The molecule has 17 heavy (non-hydrogen) atoms. The summed E-state index contributed by atoms with van der Waals surface area (Å²) in [6.07, 6.45) is 11.4. The minimum atomic E-state index is 0.795. The monoisotopic (exact) mass is 239 g/mol. The van der Waals surface area contributed by atoms with Crippen LogP contribution in [0.5, 0.6) is 0 Å². The van der Waals surface area contributed by atoms with Crippen LogP contribution in [0.25, 0.3) is 0 Å². The lowest BCUT2D eigenvalue weighted by molar-refractivity contribution is 0.169. The van der Waals surface area contributed by atoms with Crippen LogP contribution in [0.15, 0.2) is 0 Å². The van der Waals surface area contributed by atoms with Crippen LogP contribution < -0.4 is 5.32 Å². The number of rotatable bonds is 7. The number of hydrogen-bond donors (Lipinski definition) is 1. The predicted octanol–water partition coefficient (Wildman–Crippen LogP) is 4.62. The Morgan fingerprint density at radius 1 is 1.12 bits per heavy atom. The summed E-state index contributed by atoms with van der Waals surface area (Å²) in [6, 6.07) is 0.795. The van der Waals surface area contributed by atoms with Gasteiger partial charge < -0.3 is 5.32 Å². The number of hydrogen-bond acceptors (Lipinski definition) is 1. The van der Waals surface area contributed by atoms with E-state index in [0.717, 1.165) is 23.8 Å². The van der Waals surface area contributed by atoms with Crippen molar-refractivity contribution in [1.29, 1.82) is 0 Å². The lowest BCUT2D eigenvalue weighted by Gasteiger charge is -2.37. The molecule has 0 saturated heterocycles. The highest BCUT2D eigenvalue weighted by molar-refractivity contribution is 4.85. The standard InChI is InChI=1S/C16H33N/c1-5-8-14-9-10-16(17-4)15(12-14)11-13(6-2)7-3/h13-17H,5-12H2,1-4H3. The molecule has 1 aliphatic carbocycles. The molecule has 0 aliphatic heterocycles. The normalized spacial score (nSPS) is 29.8. The fourth-order valence-electron chi connectivity index (χ4n) is 3.72. The predicted molar refractivity (Wildman–Crippen MR) is 77.3 cm³/mol. The van der Waals surface area contributed by atoms with Gasteiger partial charge in [0, 0.05) is 6.04 Å². The first-order chi connectivity index (χ1) is 8.24. The molecule has 1 heteroatoms. The zero-order valence-electron chi connectivity index (χ0n) is 12.5. The molecule has 0 amide bonds. The van der Waals surface area contributed by atoms with Crippen molar-refractivity contribution in [1.82, 2.24) is 5.32 Å². The summed E-state index contributed by atoms with van der Waals surface area (Å²) >= 11 is 0. The van der Waals surface area contributed by atoms with Crippen LogP contribution >= 0.6 is 0 Å². The van der Waals surface area contributed by atoms with Crippen molar-refractivity contribution in [2.45, 2.75) is 78.2 Å². The first-order valence-electron chi connectivity index (χ1n) is 7.92. The molecule has 1 fully saturated rings. The van der Waals surface area contributed by atoms with Crippen LogP contribution in [-0.2, 0) is 0 Å². The lowest BCUT2D eigenvalue weighted by Crippen LogP contribution is -2.39. The van der Waals surface area contributed by atoms with Gasteiger partial charge in [-0.25, -0.2) is 0 Å². The van der Waals surface area contributed by atoms with E-state index in [9.17, 15) is 0 Å². The topological polar surface area (TPSA) is 12.0 Å². The third-order valence-corrected chi connectivity index (χ3v) is 4.95. The summed E-state index contributed by atoms with van der Waals surface area (Å²) in [6.45, 7) is 7.05. The summed E-state index contributed by atoms with van der Waals surface area (Å²) in [5, 5.41) is 3.57. The summed E-state index contributed by atoms with van der Waals surface area (Å²) in [7, 11) is 2.16. The Labute approximate surface area is 109 Å². The van der Waals surface area contributed by atoms with Crippen molar-refractivity contribution < 1.29 is 0 Å². The van der Waals surface area contributed by atoms with Crippen molar-refractivity contribution >= 4 is 0 Å². The van der Waals surface area contributed by atoms with E-state index >= 15 is 0 Å². The smallest absolute Gasteiger partial charge is 0.00926 e. The molecule has 102 valence electrons. The third-order valence-electron chi connectivity index (χ3n) is 4.95. The first-order valence-corrected chi connectivity index (χ1v) is 7.92. The average Bonchev–Trinajstić information content (AvgIpc) is 2.36. The molecule has 0 aromatic heterocycles. The maximum Gasteiger partial charge on any atom is 0.00926 e. The zero-order chi connectivity index (χ0) is 12.7. The molecular weight excluding hydrogens is 206 g/mol. The quantitative estimate of drug-likeness (QED) is 0.683. The van der Waals surface area contributed by atoms with Crippen LogP contribution in [0, 0.1) is 17.8 Å². The van der Waals surface area contributed by atoms with Crippen molar-refractivity contribution in [2.75, 3.05) is 7.05 Å². The van der Waals surface area contributed by atoms with Gasteiger partial charge in [0.25, 0.3) is 0 Å². The van der Waals surface area contributed by atoms with E-state index in [1.54, 1.807) is 0 Å². The molecule has 0 bridgehead atoms. The maximum atomic E-state index is 3.57. The van der Waals surface area contributed by atoms with Crippen molar-refractivity contribution in [2.24, 2.45) is 17.8 Å². The second kappa shape index (κ2) is 8.13. The van der Waals surface area contributed by atoms with Gasteiger partial charge in [-0.15, -0.1) is 0 Å². The molecule has 1 saturated carbocycles. The minimum Gasteiger partial charge on any atom is -0.317 e. The Morgan fingerprint density at radius 3 is 2.35 bits per heavy atom. The van der Waals surface area contributed by atoms with Crippen molar-refractivity contribution in [3.05, 3.63) is 0 Å². The molecule has 0 aromatic carbocycles. The highest BCUT2D eigenvalue weighted by Crippen LogP contribution is 2.36. The first kappa shape index (κ1) is 15.0. The third kappa shape index (κ3) is 4.62. The van der Waals surface area contributed by atoms with Crippen LogP contribution in [0.2, 0.25) is 0 Å². The second-order valence-electron chi connectivity index (χ2n) is 6.04. The van der Waals surface area contributed by atoms with Crippen LogP contribution in [-0.4, -0.2) is 13.1 Å². The Kier molecular flexibility index (Phi) is 7.18. The Morgan fingerprint density at radius 2 is 1.82 bits per heavy atom. The lowest BCUT2D eigenvalue weighted by atomic mass is 9.72.